The molecule has 0 unspecified atom stereocenters. The number of hydrogen-bond donors (Lipinski definition) is 0. The Morgan fingerprint density at radius 1 is 1.67 bits per heavy atom. The van der Waals surface area contributed by atoms with Gasteiger partial charge in [-0.15, -0.1) is 11.3 Å². The van der Waals surface area contributed by atoms with Crippen molar-refractivity contribution in [3.8, 4) is 0 Å². The van der Waals surface area contributed by atoms with Crippen LogP contribution >= 0.6 is 22.9 Å². The maximum atomic E-state index is 11.3. The number of carbonyl (C=O) groups is 1. The van der Waals surface area contributed by atoms with Gasteiger partial charge in [0.2, 0.25) is 0 Å². The van der Waals surface area contributed by atoms with Crippen LogP contribution in [0, 0.1) is 0 Å². The van der Waals surface area contributed by atoms with Gasteiger partial charge in [-0.3, -0.25) is 4.79 Å². The number of rotatable bonds is 2. The van der Waals surface area contributed by atoms with Crippen LogP contribution in [0.15, 0.2) is 11.4 Å². The summed E-state index contributed by atoms with van der Waals surface area (Å²) in [7, 11) is 0. The summed E-state index contributed by atoms with van der Waals surface area (Å²) >= 11 is 7.39. The SMILES string of the molecule is CC(=O)C1(c2cc(Cl)cs2)CC1. The van der Waals surface area contributed by atoms with Crippen LogP contribution < -0.4 is 0 Å². The number of ketones is 1. The first-order valence-electron chi connectivity index (χ1n) is 3.91. The summed E-state index contributed by atoms with van der Waals surface area (Å²) in [6.45, 7) is 1.67. The molecule has 0 spiro atoms. The van der Waals surface area contributed by atoms with Gasteiger partial charge < -0.3 is 0 Å². The highest BCUT2D eigenvalue weighted by molar-refractivity contribution is 7.10. The molecule has 1 fully saturated rings. The van der Waals surface area contributed by atoms with Crippen LogP contribution in [-0.4, -0.2) is 5.78 Å². The van der Waals surface area contributed by atoms with E-state index in [-0.39, 0.29) is 11.2 Å². The highest BCUT2D eigenvalue weighted by Crippen LogP contribution is 2.51. The zero-order valence-corrected chi connectivity index (χ0v) is 8.34. The third-order valence-corrected chi connectivity index (χ3v) is 3.94. The summed E-state index contributed by atoms with van der Waals surface area (Å²) in [6.07, 6.45) is 2.00. The van der Waals surface area contributed by atoms with Gasteiger partial charge >= 0.3 is 0 Å². The van der Waals surface area contributed by atoms with Crippen LogP contribution in [0.1, 0.15) is 24.6 Å². The lowest BCUT2D eigenvalue weighted by atomic mass is 10.0. The van der Waals surface area contributed by atoms with Crippen LogP contribution in [0.4, 0.5) is 0 Å². The van der Waals surface area contributed by atoms with Gasteiger partial charge in [-0.2, -0.15) is 0 Å². The molecule has 0 amide bonds. The van der Waals surface area contributed by atoms with Gasteiger partial charge in [0.05, 0.1) is 10.4 Å². The molecule has 0 radical (unpaired) electrons. The number of Topliss-reactive ketones (excluding diaryl/α,β-unsaturated/α-hetero) is 1. The van der Waals surface area contributed by atoms with Crippen molar-refractivity contribution in [2.75, 3.05) is 0 Å². The van der Waals surface area contributed by atoms with Crippen molar-refractivity contribution in [3.63, 3.8) is 0 Å². The highest BCUT2D eigenvalue weighted by atomic mass is 35.5. The second-order valence-corrected chi connectivity index (χ2v) is 4.62. The van der Waals surface area contributed by atoms with Crippen molar-refractivity contribution in [3.05, 3.63) is 21.3 Å². The largest absolute Gasteiger partial charge is 0.299 e. The van der Waals surface area contributed by atoms with Crippen LogP contribution in [-0.2, 0) is 10.2 Å². The van der Waals surface area contributed by atoms with E-state index < -0.39 is 0 Å². The summed E-state index contributed by atoms with van der Waals surface area (Å²) in [4.78, 5) is 12.4. The Morgan fingerprint density at radius 2 is 2.33 bits per heavy atom. The molecule has 0 bridgehead atoms. The number of halogens is 1. The average Bonchev–Trinajstić information content (AvgIpc) is 2.71. The summed E-state index contributed by atoms with van der Waals surface area (Å²) in [6, 6.07) is 1.92. The Morgan fingerprint density at radius 3 is 2.67 bits per heavy atom. The van der Waals surface area contributed by atoms with Gasteiger partial charge in [0.1, 0.15) is 5.78 Å². The minimum atomic E-state index is -0.141. The second-order valence-electron chi connectivity index (χ2n) is 3.27. The minimum absolute atomic E-state index is 0.141. The normalized spacial score (nSPS) is 19.2. The second kappa shape index (κ2) is 2.57. The van der Waals surface area contributed by atoms with Crippen molar-refractivity contribution in [1.29, 1.82) is 0 Å². The van der Waals surface area contributed by atoms with E-state index >= 15 is 0 Å². The molecule has 1 aromatic heterocycles. The van der Waals surface area contributed by atoms with Crippen LogP contribution in [0.5, 0.6) is 0 Å². The van der Waals surface area contributed by atoms with E-state index in [1.165, 1.54) is 0 Å². The van der Waals surface area contributed by atoms with Gasteiger partial charge in [0.25, 0.3) is 0 Å². The summed E-state index contributed by atoms with van der Waals surface area (Å²) in [5.74, 6) is 0.279. The van der Waals surface area contributed by atoms with Gasteiger partial charge in [0.15, 0.2) is 0 Å². The molecule has 12 heavy (non-hydrogen) atoms. The molecule has 3 heteroatoms. The fourth-order valence-electron chi connectivity index (χ4n) is 1.46. The van der Waals surface area contributed by atoms with E-state index in [1.54, 1.807) is 18.3 Å². The number of thiophene rings is 1. The predicted molar refractivity (Wildman–Crippen MR) is 50.9 cm³/mol. The van der Waals surface area contributed by atoms with Crippen molar-refractivity contribution in [2.24, 2.45) is 0 Å². The number of carbonyl (C=O) groups excluding carboxylic acids is 1. The van der Waals surface area contributed by atoms with Crippen molar-refractivity contribution >= 4 is 28.7 Å². The Hall–Kier alpha value is -0.340. The quantitative estimate of drug-likeness (QED) is 0.718. The van der Waals surface area contributed by atoms with Crippen LogP contribution in [0.3, 0.4) is 0 Å². The van der Waals surface area contributed by atoms with E-state index in [2.05, 4.69) is 0 Å². The van der Waals surface area contributed by atoms with E-state index in [0.717, 1.165) is 22.7 Å². The molecule has 1 aromatic rings. The topological polar surface area (TPSA) is 17.1 Å². The van der Waals surface area contributed by atoms with Gasteiger partial charge in [-0.05, 0) is 25.8 Å². The van der Waals surface area contributed by atoms with Crippen molar-refractivity contribution < 1.29 is 4.79 Å². The lowest BCUT2D eigenvalue weighted by Crippen LogP contribution is -2.14. The average molecular weight is 201 g/mol. The van der Waals surface area contributed by atoms with Gasteiger partial charge in [-0.1, -0.05) is 11.6 Å². The van der Waals surface area contributed by atoms with E-state index in [4.69, 9.17) is 11.6 Å². The van der Waals surface area contributed by atoms with E-state index in [1.807, 2.05) is 11.4 Å². The smallest absolute Gasteiger partial charge is 0.141 e. The molecule has 0 aliphatic heterocycles. The van der Waals surface area contributed by atoms with Crippen molar-refractivity contribution in [1.82, 2.24) is 0 Å². The monoisotopic (exact) mass is 200 g/mol. The Balaban J connectivity index is 2.36. The third kappa shape index (κ3) is 1.10. The minimum Gasteiger partial charge on any atom is -0.299 e. The van der Waals surface area contributed by atoms with Crippen molar-refractivity contribution in [2.45, 2.75) is 25.2 Å². The maximum Gasteiger partial charge on any atom is 0.141 e. The van der Waals surface area contributed by atoms with Crippen LogP contribution in [0.25, 0.3) is 0 Å². The molecule has 64 valence electrons. The molecular weight excluding hydrogens is 192 g/mol. The molecule has 0 atom stereocenters. The highest BCUT2D eigenvalue weighted by Gasteiger charge is 2.49. The summed E-state index contributed by atoms with van der Waals surface area (Å²) in [5.41, 5.74) is -0.141. The van der Waals surface area contributed by atoms with E-state index in [9.17, 15) is 4.79 Å². The third-order valence-electron chi connectivity index (χ3n) is 2.46. The zero-order valence-electron chi connectivity index (χ0n) is 6.76. The molecule has 2 rings (SSSR count). The molecule has 0 N–H and O–H groups in total. The molecule has 1 aliphatic rings. The Kier molecular flexibility index (Phi) is 1.77. The van der Waals surface area contributed by atoms with Crippen LogP contribution in [0.2, 0.25) is 5.02 Å². The Bertz CT molecular complexity index is 325. The lowest BCUT2D eigenvalue weighted by molar-refractivity contribution is -0.119. The first-order chi connectivity index (χ1) is 5.65. The van der Waals surface area contributed by atoms with Gasteiger partial charge in [0, 0.05) is 10.3 Å². The summed E-state index contributed by atoms with van der Waals surface area (Å²) < 4.78 is 0. The molecule has 0 saturated heterocycles. The number of hydrogen-bond acceptors (Lipinski definition) is 2. The van der Waals surface area contributed by atoms with E-state index in [0.29, 0.717) is 0 Å². The lowest BCUT2D eigenvalue weighted by Gasteiger charge is -2.06. The predicted octanol–water partition coefficient (Wildman–Crippen LogP) is 3.02. The molecule has 1 aliphatic carbocycles. The molecule has 1 saturated carbocycles. The summed E-state index contributed by atoms with van der Waals surface area (Å²) in [5, 5.41) is 2.64. The molecule has 1 nitrogen and oxygen atoms in total. The Labute approximate surface area is 80.4 Å². The zero-order chi connectivity index (χ0) is 8.77. The molecule has 0 aromatic carbocycles. The first-order valence-corrected chi connectivity index (χ1v) is 5.16. The van der Waals surface area contributed by atoms with Gasteiger partial charge in [-0.25, -0.2) is 0 Å². The fourth-order valence-corrected chi connectivity index (χ4v) is 2.84. The first kappa shape index (κ1) is 8.27. The fraction of sp³-hybridized carbons (Fsp3) is 0.444. The maximum absolute atomic E-state index is 11.3. The standard InChI is InChI=1S/C9H9ClOS/c1-6(11)9(2-3-9)8-4-7(10)5-12-8/h4-5H,2-3H2,1H3. The molecular formula is C9H9ClOS. The molecule has 1 heterocycles.